The summed E-state index contributed by atoms with van der Waals surface area (Å²) in [6, 6.07) is 6.65. The van der Waals surface area contributed by atoms with Crippen molar-refractivity contribution in [3.63, 3.8) is 0 Å². The van der Waals surface area contributed by atoms with Gasteiger partial charge in [-0.1, -0.05) is 28.1 Å². The molecule has 1 aromatic carbocycles. The first-order chi connectivity index (χ1) is 6.54. The second-order valence-corrected chi connectivity index (χ2v) is 6.23. The third-order valence-corrected chi connectivity index (χ3v) is 3.73. The molecule has 0 unspecified atom stereocenters. The number of aryl methyl sites for hydroxylation is 1. The Morgan fingerprint density at radius 2 is 1.79 bits per heavy atom. The summed E-state index contributed by atoms with van der Waals surface area (Å²) in [5.41, 5.74) is 1.12. The molecule has 0 saturated carbocycles. The lowest BCUT2D eigenvalue weighted by Crippen LogP contribution is -1.91. The minimum atomic E-state index is -3.58. The van der Waals surface area contributed by atoms with Crippen LogP contribution in [0.25, 0.3) is 0 Å². The van der Waals surface area contributed by atoms with Gasteiger partial charge in [0.1, 0.15) is 0 Å². The smallest absolute Gasteiger partial charge is 0.207 e. The van der Waals surface area contributed by atoms with Crippen LogP contribution < -0.4 is 0 Å². The molecule has 0 bridgehead atoms. The summed E-state index contributed by atoms with van der Waals surface area (Å²) in [6.45, 7) is 0. The Morgan fingerprint density at radius 1 is 1.21 bits per heavy atom. The van der Waals surface area contributed by atoms with Crippen molar-refractivity contribution >= 4 is 35.7 Å². The van der Waals surface area contributed by atoms with Gasteiger partial charge in [-0.05, 0) is 30.5 Å². The number of alkyl halides is 1. The molecule has 0 N–H and O–H groups in total. The molecule has 0 heterocycles. The van der Waals surface area contributed by atoms with E-state index in [4.69, 9.17) is 10.7 Å². The molecule has 0 amide bonds. The molecule has 0 aliphatic heterocycles. The first-order valence-corrected chi connectivity index (χ1v) is 7.56. The largest absolute Gasteiger partial charge is 0.261 e. The summed E-state index contributed by atoms with van der Waals surface area (Å²) >= 11 is 3.34. The van der Waals surface area contributed by atoms with Gasteiger partial charge in [0.25, 0.3) is 9.05 Å². The van der Waals surface area contributed by atoms with Gasteiger partial charge in [-0.3, -0.25) is 0 Å². The molecule has 0 aliphatic carbocycles. The van der Waals surface area contributed by atoms with E-state index in [1.165, 1.54) is 12.1 Å². The summed E-state index contributed by atoms with van der Waals surface area (Å²) in [7, 11) is 1.60. The van der Waals surface area contributed by atoms with Crippen molar-refractivity contribution in [3.8, 4) is 0 Å². The number of hydrogen-bond donors (Lipinski definition) is 0. The van der Waals surface area contributed by atoms with E-state index in [0.717, 1.165) is 23.7 Å². The van der Waals surface area contributed by atoms with E-state index in [1.54, 1.807) is 12.1 Å². The Hall–Kier alpha value is -0.0600. The van der Waals surface area contributed by atoms with Crippen LogP contribution in [0.15, 0.2) is 29.2 Å². The molecule has 0 fully saturated rings. The molecule has 0 aliphatic rings. The van der Waals surface area contributed by atoms with Crippen molar-refractivity contribution in [2.24, 2.45) is 0 Å². The van der Waals surface area contributed by atoms with Crippen molar-refractivity contribution in [1.29, 1.82) is 0 Å². The topological polar surface area (TPSA) is 34.1 Å². The molecule has 0 saturated heterocycles. The average Bonchev–Trinajstić information content (AvgIpc) is 2.14. The SMILES string of the molecule is O=S(=O)(Cl)c1ccc(CCCBr)cc1. The van der Waals surface area contributed by atoms with Gasteiger partial charge >= 0.3 is 0 Å². The van der Waals surface area contributed by atoms with Crippen molar-refractivity contribution in [2.45, 2.75) is 17.7 Å². The van der Waals surface area contributed by atoms with Crippen LogP contribution >= 0.6 is 26.6 Å². The monoisotopic (exact) mass is 296 g/mol. The van der Waals surface area contributed by atoms with E-state index in [0.29, 0.717) is 0 Å². The molecule has 0 radical (unpaired) electrons. The van der Waals surface area contributed by atoms with Crippen molar-refractivity contribution < 1.29 is 8.42 Å². The summed E-state index contributed by atoms with van der Waals surface area (Å²) in [6.07, 6.45) is 1.97. The number of halogens is 2. The van der Waals surface area contributed by atoms with Crippen LogP contribution in [0.1, 0.15) is 12.0 Å². The van der Waals surface area contributed by atoms with Crippen molar-refractivity contribution in [3.05, 3.63) is 29.8 Å². The van der Waals surface area contributed by atoms with E-state index in [-0.39, 0.29) is 4.90 Å². The zero-order valence-electron chi connectivity index (χ0n) is 7.41. The standard InChI is InChI=1S/C9H10BrClO2S/c10-7-1-2-8-3-5-9(6-4-8)14(11,12)13/h3-6H,1-2,7H2. The van der Waals surface area contributed by atoms with Gasteiger partial charge in [-0.25, -0.2) is 8.42 Å². The van der Waals surface area contributed by atoms with Crippen LogP contribution in [0.3, 0.4) is 0 Å². The minimum Gasteiger partial charge on any atom is -0.207 e. The first-order valence-electron chi connectivity index (χ1n) is 4.13. The number of benzene rings is 1. The van der Waals surface area contributed by atoms with Gasteiger partial charge in [0.05, 0.1) is 4.90 Å². The molecule has 14 heavy (non-hydrogen) atoms. The maximum atomic E-state index is 10.9. The van der Waals surface area contributed by atoms with Gasteiger partial charge in [-0.2, -0.15) is 0 Å². The Balaban J connectivity index is 2.79. The number of rotatable bonds is 4. The molecule has 0 spiro atoms. The fourth-order valence-electron chi connectivity index (χ4n) is 1.09. The minimum absolute atomic E-state index is 0.154. The van der Waals surface area contributed by atoms with Gasteiger partial charge in [-0.15, -0.1) is 0 Å². The van der Waals surface area contributed by atoms with Gasteiger partial charge in [0.2, 0.25) is 0 Å². The maximum absolute atomic E-state index is 10.9. The second-order valence-electron chi connectivity index (χ2n) is 2.87. The average molecular weight is 298 g/mol. The Kier molecular flexibility index (Phi) is 4.41. The van der Waals surface area contributed by atoms with E-state index in [2.05, 4.69) is 15.9 Å². The third kappa shape index (κ3) is 3.59. The molecule has 1 aromatic rings. The van der Waals surface area contributed by atoms with Crippen LogP contribution in [-0.4, -0.2) is 13.7 Å². The summed E-state index contributed by atoms with van der Waals surface area (Å²) < 4.78 is 21.8. The highest BCUT2D eigenvalue weighted by Gasteiger charge is 2.08. The highest BCUT2D eigenvalue weighted by atomic mass is 79.9. The molecule has 2 nitrogen and oxygen atoms in total. The van der Waals surface area contributed by atoms with Crippen LogP contribution in [0, 0.1) is 0 Å². The fourth-order valence-corrected chi connectivity index (χ4v) is 2.14. The Labute approximate surface area is 96.8 Å². The highest BCUT2D eigenvalue weighted by Crippen LogP contribution is 2.16. The first kappa shape index (κ1) is 12.0. The molecule has 0 aromatic heterocycles. The fraction of sp³-hybridized carbons (Fsp3) is 0.333. The molecular formula is C9H10BrClO2S. The van der Waals surface area contributed by atoms with E-state index in [1.807, 2.05) is 0 Å². The lowest BCUT2D eigenvalue weighted by Gasteiger charge is -2.00. The van der Waals surface area contributed by atoms with E-state index in [9.17, 15) is 8.42 Å². The van der Waals surface area contributed by atoms with E-state index < -0.39 is 9.05 Å². The summed E-state index contributed by atoms with van der Waals surface area (Å²) in [5.74, 6) is 0. The zero-order valence-corrected chi connectivity index (χ0v) is 10.6. The van der Waals surface area contributed by atoms with Gasteiger partial charge in [0, 0.05) is 16.0 Å². The van der Waals surface area contributed by atoms with Gasteiger partial charge < -0.3 is 0 Å². The van der Waals surface area contributed by atoms with Crippen LogP contribution in [-0.2, 0) is 15.5 Å². The molecule has 78 valence electrons. The molecular weight excluding hydrogens is 288 g/mol. The van der Waals surface area contributed by atoms with Crippen LogP contribution in [0.5, 0.6) is 0 Å². The molecule has 0 atom stereocenters. The predicted molar refractivity (Wildman–Crippen MR) is 61.6 cm³/mol. The normalized spacial score (nSPS) is 11.6. The van der Waals surface area contributed by atoms with Crippen LogP contribution in [0.4, 0.5) is 0 Å². The number of hydrogen-bond acceptors (Lipinski definition) is 2. The lowest BCUT2D eigenvalue weighted by atomic mass is 10.1. The maximum Gasteiger partial charge on any atom is 0.261 e. The summed E-state index contributed by atoms with van der Waals surface area (Å²) in [5, 5.41) is 0.947. The Morgan fingerprint density at radius 3 is 2.21 bits per heavy atom. The molecule has 1 rings (SSSR count). The predicted octanol–water partition coefficient (Wildman–Crippen LogP) is 2.94. The third-order valence-electron chi connectivity index (χ3n) is 1.80. The lowest BCUT2D eigenvalue weighted by molar-refractivity contribution is 0.609. The quantitative estimate of drug-likeness (QED) is 0.632. The second kappa shape index (κ2) is 5.14. The van der Waals surface area contributed by atoms with Gasteiger partial charge in [0.15, 0.2) is 0 Å². The Bertz CT molecular complexity index is 386. The zero-order chi connectivity index (χ0) is 10.6. The highest BCUT2D eigenvalue weighted by molar-refractivity contribution is 9.09. The van der Waals surface area contributed by atoms with E-state index >= 15 is 0 Å². The summed E-state index contributed by atoms with van der Waals surface area (Å²) in [4.78, 5) is 0.154. The van der Waals surface area contributed by atoms with Crippen molar-refractivity contribution in [1.82, 2.24) is 0 Å². The van der Waals surface area contributed by atoms with Crippen LogP contribution in [0.2, 0.25) is 0 Å². The molecule has 5 heteroatoms. The van der Waals surface area contributed by atoms with Crippen molar-refractivity contribution in [2.75, 3.05) is 5.33 Å².